The van der Waals surface area contributed by atoms with Crippen LogP contribution in [0.5, 0.6) is 5.75 Å². The smallest absolute Gasteiger partial charge is 0.372 e. The Labute approximate surface area is 123 Å². The van der Waals surface area contributed by atoms with Gasteiger partial charge in [-0.25, -0.2) is 4.79 Å². The van der Waals surface area contributed by atoms with Crippen molar-refractivity contribution in [3.63, 3.8) is 0 Å². The summed E-state index contributed by atoms with van der Waals surface area (Å²) in [5.74, 6) is 0.454. The average Bonchev–Trinajstić information content (AvgIpc) is 2.80. The van der Waals surface area contributed by atoms with Crippen LogP contribution in [0.1, 0.15) is 27.4 Å². The third-order valence-corrected chi connectivity index (χ3v) is 3.22. The lowest BCUT2D eigenvalue weighted by molar-refractivity contribution is 0.0657. The topological polar surface area (TPSA) is 62.9 Å². The zero-order chi connectivity index (χ0) is 15.4. The number of hydrogen-bond acceptors (Lipinski definition) is 4. The third-order valence-electron chi connectivity index (χ3n) is 3.22. The van der Waals surface area contributed by atoms with Crippen LogP contribution in [0.15, 0.2) is 34.7 Å². The highest BCUT2D eigenvalue weighted by Gasteiger charge is 2.15. The molecule has 0 bridgehead atoms. The van der Waals surface area contributed by atoms with Crippen molar-refractivity contribution < 1.29 is 19.1 Å². The maximum absolute atomic E-state index is 11.0. The zero-order valence-corrected chi connectivity index (χ0v) is 12.4. The molecule has 2 rings (SSSR count). The van der Waals surface area contributed by atoms with E-state index in [0.29, 0.717) is 24.4 Å². The Kier molecular flexibility index (Phi) is 4.65. The van der Waals surface area contributed by atoms with Crippen LogP contribution in [-0.2, 0) is 13.1 Å². The zero-order valence-electron chi connectivity index (χ0n) is 12.4. The van der Waals surface area contributed by atoms with Gasteiger partial charge in [0.25, 0.3) is 0 Å². The van der Waals surface area contributed by atoms with E-state index in [1.165, 1.54) is 0 Å². The van der Waals surface area contributed by atoms with Gasteiger partial charge in [0.1, 0.15) is 11.5 Å². The minimum absolute atomic E-state index is 0.00990. The predicted octanol–water partition coefficient (Wildman–Crippen LogP) is 2.93. The lowest BCUT2D eigenvalue weighted by Crippen LogP contribution is -2.17. The van der Waals surface area contributed by atoms with Crippen LogP contribution in [0.25, 0.3) is 0 Å². The van der Waals surface area contributed by atoms with Crippen molar-refractivity contribution in [3.05, 3.63) is 53.0 Å². The van der Waals surface area contributed by atoms with E-state index in [-0.39, 0.29) is 5.76 Å². The number of methoxy groups -OCH3 is 1. The van der Waals surface area contributed by atoms with Crippen molar-refractivity contribution >= 4 is 5.97 Å². The number of carboxylic acids is 1. The van der Waals surface area contributed by atoms with Gasteiger partial charge in [-0.1, -0.05) is 18.2 Å². The molecule has 112 valence electrons. The largest absolute Gasteiger partial charge is 0.496 e. The van der Waals surface area contributed by atoms with Crippen molar-refractivity contribution in [2.45, 2.75) is 20.0 Å². The molecule has 0 spiro atoms. The lowest BCUT2D eigenvalue weighted by atomic mass is 10.2. The number of aromatic carboxylic acids is 1. The molecule has 0 radical (unpaired) electrons. The SMILES string of the molecule is COc1ccccc1CN(C)Cc1cc(C)c(C(=O)O)o1. The Balaban J connectivity index is 2.06. The van der Waals surface area contributed by atoms with Crippen molar-refractivity contribution in [2.75, 3.05) is 14.2 Å². The molecule has 0 amide bonds. The normalized spacial score (nSPS) is 10.9. The van der Waals surface area contributed by atoms with Crippen LogP contribution in [0.3, 0.4) is 0 Å². The first-order chi connectivity index (χ1) is 10.0. The molecule has 1 heterocycles. The Morgan fingerprint density at radius 1 is 1.33 bits per heavy atom. The maximum atomic E-state index is 11.0. The predicted molar refractivity (Wildman–Crippen MR) is 78.6 cm³/mol. The number of benzene rings is 1. The minimum atomic E-state index is -1.04. The van der Waals surface area contributed by atoms with Crippen molar-refractivity contribution in [1.29, 1.82) is 0 Å². The quantitative estimate of drug-likeness (QED) is 0.886. The molecule has 1 N–H and O–H groups in total. The van der Waals surface area contributed by atoms with Gasteiger partial charge >= 0.3 is 5.97 Å². The number of ether oxygens (including phenoxy) is 1. The van der Waals surface area contributed by atoms with Gasteiger partial charge in [-0.3, -0.25) is 4.90 Å². The first-order valence-electron chi connectivity index (χ1n) is 6.64. The van der Waals surface area contributed by atoms with Gasteiger partial charge in [0, 0.05) is 17.7 Å². The number of rotatable bonds is 6. The maximum Gasteiger partial charge on any atom is 0.372 e. The molecular formula is C16H19NO4. The van der Waals surface area contributed by atoms with Gasteiger partial charge in [0.2, 0.25) is 5.76 Å². The second kappa shape index (κ2) is 6.45. The standard InChI is InChI=1S/C16H19NO4/c1-11-8-13(21-15(11)16(18)19)10-17(2)9-12-6-4-5-7-14(12)20-3/h4-8H,9-10H2,1-3H3,(H,18,19). The molecule has 1 aromatic carbocycles. The molecular weight excluding hydrogens is 270 g/mol. The van der Waals surface area contributed by atoms with Crippen molar-refractivity contribution in [2.24, 2.45) is 0 Å². The number of para-hydroxylation sites is 1. The Bertz CT molecular complexity index is 633. The van der Waals surface area contributed by atoms with Gasteiger partial charge in [0.05, 0.1) is 13.7 Å². The number of hydrogen-bond donors (Lipinski definition) is 1. The van der Waals surface area contributed by atoms with Crippen molar-refractivity contribution in [1.82, 2.24) is 4.90 Å². The van der Waals surface area contributed by atoms with E-state index in [4.69, 9.17) is 14.3 Å². The highest BCUT2D eigenvalue weighted by Crippen LogP contribution is 2.21. The summed E-state index contributed by atoms with van der Waals surface area (Å²) in [6, 6.07) is 9.58. The summed E-state index contributed by atoms with van der Waals surface area (Å²) >= 11 is 0. The van der Waals surface area contributed by atoms with Gasteiger partial charge in [0.15, 0.2) is 0 Å². The summed E-state index contributed by atoms with van der Waals surface area (Å²) in [5, 5.41) is 8.99. The summed E-state index contributed by atoms with van der Waals surface area (Å²) in [5.41, 5.74) is 1.72. The summed E-state index contributed by atoms with van der Waals surface area (Å²) in [4.78, 5) is 13.0. The van der Waals surface area contributed by atoms with Gasteiger partial charge in [-0.05, 0) is 26.1 Å². The number of carbonyl (C=O) groups is 1. The monoisotopic (exact) mass is 289 g/mol. The summed E-state index contributed by atoms with van der Waals surface area (Å²) < 4.78 is 10.7. The Morgan fingerprint density at radius 2 is 2.05 bits per heavy atom. The van der Waals surface area contributed by atoms with Crippen LogP contribution in [-0.4, -0.2) is 30.1 Å². The molecule has 0 atom stereocenters. The molecule has 0 aliphatic rings. The molecule has 0 saturated carbocycles. The van der Waals surface area contributed by atoms with Crippen LogP contribution >= 0.6 is 0 Å². The molecule has 0 saturated heterocycles. The highest BCUT2D eigenvalue weighted by molar-refractivity contribution is 5.86. The first-order valence-corrected chi connectivity index (χ1v) is 6.64. The fourth-order valence-electron chi connectivity index (χ4n) is 2.28. The summed E-state index contributed by atoms with van der Waals surface area (Å²) in [6.07, 6.45) is 0. The number of furan rings is 1. The molecule has 0 aliphatic heterocycles. The van der Waals surface area contributed by atoms with Crippen molar-refractivity contribution in [3.8, 4) is 5.75 Å². The van der Waals surface area contributed by atoms with Crippen LogP contribution in [0, 0.1) is 6.92 Å². The molecule has 5 heteroatoms. The fourth-order valence-corrected chi connectivity index (χ4v) is 2.28. The van der Waals surface area contributed by atoms with Gasteiger partial charge < -0.3 is 14.3 Å². The molecule has 1 aromatic heterocycles. The molecule has 0 aliphatic carbocycles. The molecule has 0 fully saturated rings. The second-order valence-corrected chi connectivity index (χ2v) is 5.01. The van der Waals surface area contributed by atoms with E-state index in [1.807, 2.05) is 36.2 Å². The van der Waals surface area contributed by atoms with Gasteiger partial charge in [-0.15, -0.1) is 0 Å². The van der Waals surface area contributed by atoms with E-state index < -0.39 is 5.97 Å². The second-order valence-electron chi connectivity index (χ2n) is 5.01. The summed E-state index contributed by atoms with van der Waals surface area (Å²) in [6.45, 7) is 2.95. The van der Waals surface area contributed by atoms with E-state index in [9.17, 15) is 4.79 Å². The van der Waals surface area contributed by atoms with E-state index in [2.05, 4.69) is 0 Å². The fraction of sp³-hybridized carbons (Fsp3) is 0.312. The number of carboxylic acid groups (broad SMARTS) is 1. The summed E-state index contributed by atoms with van der Waals surface area (Å²) in [7, 11) is 3.60. The van der Waals surface area contributed by atoms with E-state index >= 15 is 0 Å². The lowest BCUT2D eigenvalue weighted by Gasteiger charge is -2.17. The number of nitrogens with zero attached hydrogens (tertiary/aromatic N) is 1. The van der Waals surface area contributed by atoms with Crippen LogP contribution in [0.2, 0.25) is 0 Å². The molecule has 2 aromatic rings. The highest BCUT2D eigenvalue weighted by atomic mass is 16.5. The minimum Gasteiger partial charge on any atom is -0.496 e. The first kappa shape index (κ1) is 15.1. The number of aryl methyl sites for hydroxylation is 1. The molecule has 21 heavy (non-hydrogen) atoms. The Morgan fingerprint density at radius 3 is 2.67 bits per heavy atom. The van der Waals surface area contributed by atoms with Crippen LogP contribution < -0.4 is 4.74 Å². The van der Waals surface area contributed by atoms with E-state index in [1.54, 1.807) is 20.1 Å². The molecule has 0 unspecified atom stereocenters. The third kappa shape index (κ3) is 3.64. The molecule has 5 nitrogen and oxygen atoms in total. The average molecular weight is 289 g/mol. The van der Waals surface area contributed by atoms with E-state index in [0.717, 1.165) is 11.3 Å². The Hall–Kier alpha value is -2.27. The van der Waals surface area contributed by atoms with Gasteiger partial charge in [-0.2, -0.15) is 0 Å². The van der Waals surface area contributed by atoms with Crippen LogP contribution in [0.4, 0.5) is 0 Å².